The summed E-state index contributed by atoms with van der Waals surface area (Å²) in [4.78, 5) is 10.9. The molecule has 7 heteroatoms. The van der Waals surface area contributed by atoms with Crippen LogP contribution >= 0.6 is 22.6 Å². The van der Waals surface area contributed by atoms with E-state index in [0.717, 1.165) is 0 Å². The van der Waals surface area contributed by atoms with Gasteiger partial charge in [-0.15, -0.1) is 0 Å². The largest absolute Gasteiger partial charge is 0.443 e. The zero-order valence-corrected chi connectivity index (χ0v) is 10.6. The van der Waals surface area contributed by atoms with Crippen LogP contribution in [0, 0.1) is 0 Å². The van der Waals surface area contributed by atoms with E-state index in [1.807, 2.05) is 0 Å². The Morgan fingerprint density at radius 1 is 1.46 bits per heavy atom. The van der Waals surface area contributed by atoms with Gasteiger partial charge >= 0.3 is 6.09 Å². The quantitative estimate of drug-likeness (QED) is 0.613. The van der Waals surface area contributed by atoms with Gasteiger partial charge in [0, 0.05) is 0 Å². The lowest BCUT2D eigenvalue weighted by atomic mass is 10.2. The molecule has 1 N–H and O–H groups in total. The molecule has 0 aromatic heterocycles. The van der Waals surface area contributed by atoms with E-state index in [0.29, 0.717) is 0 Å². The fourth-order valence-corrected chi connectivity index (χ4v) is 1.27. The fourth-order valence-electron chi connectivity index (χ4n) is 0.453. The van der Waals surface area contributed by atoms with Gasteiger partial charge in [0.05, 0.1) is 0 Å². The minimum absolute atomic E-state index is 0.177. The molecule has 13 heavy (non-hydrogen) atoms. The van der Waals surface area contributed by atoms with Crippen LogP contribution in [0.1, 0.15) is 20.8 Å². The molecule has 0 spiro atoms. The van der Waals surface area contributed by atoms with Gasteiger partial charge in [-0.1, -0.05) is 22.6 Å². The molecule has 0 aliphatic rings. The maximum atomic E-state index is 10.9. The van der Waals surface area contributed by atoms with Crippen LogP contribution < -0.4 is 4.72 Å². The molecule has 1 amide bonds. The lowest BCUT2D eigenvalue weighted by Crippen LogP contribution is -2.36. The molecule has 0 rings (SSSR count). The normalized spacial score (nSPS) is 12.3. The van der Waals surface area contributed by atoms with Gasteiger partial charge in [-0.3, -0.25) is 0 Å². The second-order valence-corrected chi connectivity index (χ2v) is 6.85. The summed E-state index contributed by atoms with van der Waals surface area (Å²) in [5, 5.41) is 0. The van der Waals surface area contributed by atoms with E-state index in [1.165, 1.54) is 0 Å². The van der Waals surface area contributed by atoms with Gasteiger partial charge in [-0.25, -0.2) is 17.9 Å². The summed E-state index contributed by atoms with van der Waals surface area (Å²) in [5.41, 5.74) is -0.690. The van der Waals surface area contributed by atoms with E-state index < -0.39 is 21.7 Å². The molecule has 0 radical (unpaired) electrons. The molecule has 0 bridgehead atoms. The number of carbonyl (C=O) groups is 1. The molecule has 0 saturated heterocycles. The number of hydrogen-bond donors (Lipinski definition) is 1. The van der Waals surface area contributed by atoms with Crippen molar-refractivity contribution in [3.63, 3.8) is 0 Å². The van der Waals surface area contributed by atoms with Crippen molar-refractivity contribution in [2.45, 2.75) is 26.4 Å². The Morgan fingerprint density at radius 3 is 2.23 bits per heavy atom. The molecule has 0 fully saturated rings. The van der Waals surface area contributed by atoms with Crippen molar-refractivity contribution in [2.24, 2.45) is 0 Å². The minimum Gasteiger partial charge on any atom is -0.443 e. The zero-order chi connectivity index (χ0) is 10.7. The monoisotopic (exact) mass is 321 g/mol. The van der Waals surface area contributed by atoms with Crippen LogP contribution in [0.5, 0.6) is 0 Å². The van der Waals surface area contributed by atoms with Crippen molar-refractivity contribution in [3.8, 4) is 0 Å². The highest BCUT2D eigenvalue weighted by atomic mass is 127. The highest BCUT2D eigenvalue weighted by molar-refractivity contribution is 14.1. The first kappa shape index (κ1) is 12.9. The summed E-state index contributed by atoms with van der Waals surface area (Å²) in [6, 6.07) is 0. The van der Waals surface area contributed by atoms with Crippen molar-refractivity contribution in [2.75, 3.05) is 3.76 Å². The number of halogens is 1. The van der Waals surface area contributed by atoms with E-state index in [1.54, 1.807) is 48.1 Å². The van der Waals surface area contributed by atoms with Gasteiger partial charge in [-0.05, 0) is 20.8 Å². The molecule has 0 saturated carbocycles. The van der Waals surface area contributed by atoms with Crippen LogP contribution in [0.4, 0.5) is 4.79 Å². The Balaban J connectivity index is 4.19. The Bertz CT molecular complexity index is 279. The Labute approximate surface area is 91.4 Å². The molecule has 0 aromatic carbocycles. The Kier molecular flexibility index (Phi) is 4.43. The second-order valence-electron chi connectivity index (χ2n) is 3.33. The third kappa shape index (κ3) is 7.05. The number of sulfonamides is 1. The molecule has 78 valence electrons. The lowest BCUT2D eigenvalue weighted by Gasteiger charge is -2.19. The third-order valence-electron chi connectivity index (χ3n) is 0.781. The summed E-state index contributed by atoms with van der Waals surface area (Å²) in [5.74, 6) is 0. The van der Waals surface area contributed by atoms with E-state index in [9.17, 15) is 13.2 Å². The highest BCUT2D eigenvalue weighted by Crippen LogP contribution is 2.07. The topological polar surface area (TPSA) is 72.5 Å². The molecule has 0 unspecified atom stereocenters. The van der Waals surface area contributed by atoms with Crippen LogP contribution in [0.3, 0.4) is 0 Å². The average Bonchev–Trinajstić information content (AvgIpc) is 1.81. The number of carbonyl (C=O) groups excluding carboxylic acids is 1. The van der Waals surface area contributed by atoms with Crippen LogP contribution in [-0.4, -0.2) is 23.9 Å². The van der Waals surface area contributed by atoms with Crippen LogP contribution in [0.15, 0.2) is 0 Å². The fraction of sp³-hybridized carbons (Fsp3) is 0.833. The van der Waals surface area contributed by atoms with Crippen molar-refractivity contribution < 1.29 is 17.9 Å². The first-order valence-electron chi connectivity index (χ1n) is 3.46. The number of ether oxygens (including phenoxy) is 1. The number of alkyl halides is 1. The second kappa shape index (κ2) is 4.45. The lowest BCUT2D eigenvalue weighted by molar-refractivity contribution is 0.0570. The van der Waals surface area contributed by atoms with Crippen molar-refractivity contribution in [1.29, 1.82) is 0 Å². The number of nitrogens with one attached hydrogen (secondary N) is 1. The van der Waals surface area contributed by atoms with Gasteiger partial charge in [0.1, 0.15) is 9.36 Å². The van der Waals surface area contributed by atoms with Gasteiger partial charge < -0.3 is 4.74 Å². The molecular formula is C6H12INO4S. The standard InChI is InChI=1S/C6H12INO4S/c1-6(2,3)12-5(9)8-13(10,11)4-7/h4H2,1-3H3,(H,8,9). The molecule has 0 atom stereocenters. The predicted molar refractivity (Wildman–Crippen MR) is 57.2 cm³/mol. The van der Waals surface area contributed by atoms with Crippen molar-refractivity contribution >= 4 is 38.7 Å². The number of amides is 1. The Hall–Kier alpha value is -0.0500. The number of rotatable bonds is 2. The molecule has 0 aromatic rings. The SMILES string of the molecule is CC(C)(C)OC(=O)NS(=O)(=O)CI. The van der Waals surface area contributed by atoms with Crippen LogP contribution in [0.25, 0.3) is 0 Å². The molecule has 0 aliphatic carbocycles. The Morgan fingerprint density at radius 2 is 1.92 bits per heavy atom. The van der Waals surface area contributed by atoms with Crippen LogP contribution in [-0.2, 0) is 14.8 Å². The van der Waals surface area contributed by atoms with Crippen LogP contribution in [0.2, 0.25) is 0 Å². The number of hydrogen-bond acceptors (Lipinski definition) is 4. The molecule has 0 heterocycles. The van der Waals surface area contributed by atoms with Gasteiger partial charge in [0.25, 0.3) is 0 Å². The maximum Gasteiger partial charge on any atom is 0.421 e. The average molecular weight is 321 g/mol. The predicted octanol–water partition coefficient (Wildman–Crippen LogP) is 1.23. The summed E-state index contributed by atoms with van der Waals surface area (Å²) < 4.78 is 28.1. The van der Waals surface area contributed by atoms with Gasteiger partial charge in [0.15, 0.2) is 0 Å². The van der Waals surface area contributed by atoms with E-state index in [2.05, 4.69) is 0 Å². The summed E-state index contributed by atoms with van der Waals surface area (Å²) >= 11 is 1.64. The van der Waals surface area contributed by atoms with E-state index >= 15 is 0 Å². The first-order chi connectivity index (χ1) is 5.66. The summed E-state index contributed by atoms with van der Waals surface area (Å²) in [6.45, 7) is 4.97. The zero-order valence-electron chi connectivity index (χ0n) is 7.63. The molecular weight excluding hydrogens is 309 g/mol. The first-order valence-corrected chi connectivity index (χ1v) is 6.63. The van der Waals surface area contributed by atoms with Crippen molar-refractivity contribution in [3.05, 3.63) is 0 Å². The maximum absolute atomic E-state index is 10.9. The highest BCUT2D eigenvalue weighted by Gasteiger charge is 2.20. The van der Waals surface area contributed by atoms with Crippen molar-refractivity contribution in [1.82, 2.24) is 4.72 Å². The molecule has 5 nitrogen and oxygen atoms in total. The summed E-state index contributed by atoms with van der Waals surface area (Å²) in [6.07, 6.45) is -0.941. The summed E-state index contributed by atoms with van der Waals surface area (Å²) in [7, 11) is -3.53. The minimum atomic E-state index is -3.53. The molecule has 0 aliphatic heterocycles. The van der Waals surface area contributed by atoms with E-state index in [-0.39, 0.29) is 3.76 Å². The third-order valence-corrected chi connectivity index (χ3v) is 4.01. The van der Waals surface area contributed by atoms with Gasteiger partial charge in [0.2, 0.25) is 10.0 Å². The van der Waals surface area contributed by atoms with Gasteiger partial charge in [-0.2, -0.15) is 0 Å². The van der Waals surface area contributed by atoms with E-state index in [4.69, 9.17) is 4.74 Å². The smallest absolute Gasteiger partial charge is 0.421 e.